The van der Waals surface area contributed by atoms with Crippen molar-refractivity contribution in [3.05, 3.63) is 42.2 Å². The zero-order valence-corrected chi connectivity index (χ0v) is 11.3. The normalized spacial score (nSPS) is 13.9. The summed E-state index contributed by atoms with van der Waals surface area (Å²) in [6, 6.07) is 8.38. The highest BCUT2D eigenvalue weighted by molar-refractivity contribution is 6.20. The lowest BCUT2D eigenvalue weighted by Crippen LogP contribution is -2.21. The van der Waals surface area contributed by atoms with Gasteiger partial charge in [0.25, 0.3) is 0 Å². The van der Waals surface area contributed by atoms with Crippen LogP contribution in [0, 0.1) is 0 Å². The maximum Gasteiger partial charge on any atom is 0.0346 e. The van der Waals surface area contributed by atoms with E-state index < -0.39 is 0 Å². The Morgan fingerprint density at radius 1 is 1.24 bits per heavy atom. The Morgan fingerprint density at radius 3 is 2.65 bits per heavy atom. The number of halogens is 1. The molecule has 0 aliphatic carbocycles. The molecule has 17 heavy (non-hydrogen) atoms. The van der Waals surface area contributed by atoms with Gasteiger partial charge in [-0.3, -0.25) is 4.98 Å². The van der Waals surface area contributed by atoms with E-state index in [2.05, 4.69) is 37.0 Å². The quantitative estimate of drug-likeness (QED) is 0.727. The summed E-state index contributed by atoms with van der Waals surface area (Å²) in [6.45, 7) is 6.51. The van der Waals surface area contributed by atoms with Crippen molar-refractivity contribution in [1.82, 2.24) is 4.98 Å². The molecule has 0 fully saturated rings. The molecule has 1 nitrogen and oxygen atoms in total. The second-order valence-electron chi connectivity index (χ2n) is 5.28. The molecule has 1 heterocycles. The molecular weight excluding hydrogens is 230 g/mol. The number of fused-ring (bicyclic) bond motifs is 1. The van der Waals surface area contributed by atoms with E-state index in [4.69, 9.17) is 11.6 Å². The minimum absolute atomic E-state index is 0.0506. The molecule has 1 atom stereocenters. The number of pyridine rings is 1. The minimum atomic E-state index is 0.0506. The number of rotatable bonds is 3. The van der Waals surface area contributed by atoms with Crippen molar-refractivity contribution in [3.8, 4) is 0 Å². The fourth-order valence-corrected chi connectivity index (χ4v) is 2.85. The van der Waals surface area contributed by atoms with Gasteiger partial charge in [-0.25, -0.2) is 0 Å². The first kappa shape index (κ1) is 12.4. The third-order valence-corrected chi connectivity index (χ3v) is 3.34. The lowest BCUT2D eigenvalue weighted by molar-refractivity contribution is 0.479. The summed E-state index contributed by atoms with van der Waals surface area (Å²) in [5.74, 6) is 0. The standard InChI is InChI=1S/C15H18ClN/c1-11(16)8-15(2,3)14-10-17-9-12-6-4-5-7-13(12)14/h4-7,9-11H,8H2,1-3H3. The Labute approximate surface area is 108 Å². The van der Waals surface area contributed by atoms with Crippen LogP contribution in [-0.2, 0) is 5.41 Å². The van der Waals surface area contributed by atoms with Gasteiger partial charge in [0.15, 0.2) is 0 Å². The summed E-state index contributed by atoms with van der Waals surface area (Å²) in [4.78, 5) is 4.34. The Hall–Kier alpha value is -1.08. The molecule has 0 saturated carbocycles. The number of aromatic nitrogens is 1. The molecule has 2 aromatic rings. The molecule has 2 heteroatoms. The van der Waals surface area contributed by atoms with Crippen LogP contribution in [0.5, 0.6) is 0 Å². The molecule has 0 spiro atoms. The van der Waals surface area contributed by atoms with Gasteiger partial charge in [-0.2, -0.15) is 0 Å². The highest BCUT2D eigenvalue weighted by Crippen LogP contribution is 2.34. The van der Waals surface area contributed by atoms with Crippen molar-refractivity contribution in [2.24, 2.45) is 0 Å². The van der Waals surface area contributed by atoms with E-state index in [-0.39, 0.29) is 10.8 Å². The smallest absolute Gasteiger partial charge is 0.0346 e. The van der Waals surface area contributed by atoms with Crippen molar-refractivity contribution in [2.45, 2.75) is 38.0 Å². The van der Waals surface area contributed by atoms with E-state index in [0.717, 1.165) is 6.42 Å². The molecule has 90 valence electrons. The largest absolute Gasteiger partial charge is 0.264 e. The lowest BCUT2D eigenvalue weighted by Gasteiger charge is -2.27. The van der Waals surface area contributed by atoms with Gasteiger partial charge in [-0.05, 0) is 29.7 Å². The van der Waals surface area contributed by atoms with Crippen molar-refractivity contribution in [3.63, 3.8) is 0 Å². The second-order valence-corrected chi connectivity index (χ2v) is 6.02. The first-order valence-electron chi connectivity index (χ1n) is 5.98. The molecule has 1 unspecified atom stereocenters. The molecule has 1 aromatic heterocycles. The molecule has 0 saturated heterocycles. The first-order valence-corrected chi connectivity index (χ1v) is 6.41. The highest BCUT2D eigenvalue weighted by Gasteiger charge is 2.24. The fourth-order valence-electron chi connectivity index (χ4n) is 2.47. The van der Waals surface area contributed by atoms with E-state index in [1.54, 1.807) is 0 Å². The minimum Gasteiger partial charge on any atom is -0.264 e. The maximum absolute atomic E-state index is 6.14. The Morgan fingerprint density at radius 2 is 1.94 bits per heavy atom. The third-order valence-electron chi connectivity index (χ3n) is 3.19. The van der Waals surface area contributed by atoms with E-state index in [1.165, 1.54) is 16.3 Å². The van der Waals surface area contributed by atoms with Crippen LogP contribution >= 0.6 is 11.6 Å². The van der Waals surface area contributed by atoms with Gasteiger partial charge >= 0.3 is 0 Å². The van der Waals surface area contributed by atoms with E-state index in [1.807, 2.05) is 25.4 Å². The van der Waals surface area contributed by atoms with Crippen LogP contribution in [-0.4, -0.2) is 10.4 Å². The Balaban J connectivity index is 2.55. The summed E-state index contributed by atoms with van der Waals surface area (Å²) in [6.07, 6.45) is 4.84. The monoisotopic (exact) mass is 247 g/mol. The highest BCUT2D eigenvalue weighted by atomic mass is 35.5. The molecule has 0 bridgehead atoms. The van der Waals surface area contributed by atoms with Gasteiger partial charge in [0.1, 0.15) is 0 Å². The number of hydrogen-bond acceptors (Lipinski definition) is 1. The molecular formula is C15H18ClN. The SMILES string of the molecule is CC(Cl)CC(C)(C)c1cncc2ccccc12. The van der Waals surface area contributed by atoms with Crippen LogP contribution in [0.25, 0.3) is 10.8 Å². The van der Waals surface area contributed by atoms with Crippen LogP contribution in [0.3, 0.4) is 0 Å². The third kappa shape index (κ3) is 2.61. The molecule has 0 radical (unpaired) electrons. The predicted octanol–water partition coefficient (Wildman–Crippen LogP) is 4.53. The molecule has 0 N–H and O–H groups in total. The van der Waals surface area contributed by atoms with Gasteiger partial charge in [-0.15, -0.1) is 11.6 Å². The Bertz CT molecular complexity index is 512. The number of benzene rings is 1. The molecule has 1 aromatic carbocycles. The molecule has 0 aliphatic heterocycles. The van der Waals surface area contributed by atoms with E-state index in [9.17, 15) is 0 Å². The Kier molecular flexibility index (Phi) is 3.39. The van der Waals surface area contributed by atoms with E-state index >= 15 is 0 Å². The summed E-state index contributed by atoms with van der Waals surface area (Å²) in [5.41, 5.74) is 1.33. The number of nitrogens with zero attached hydrogens (tertiary/aromatic N) is 1. The van der Waals surface area contributed by atoms with E-state index in [0.29, 0.717) is 0 Å². The molecule has 0 amide bonds. The second kappa shape index (κ2) is 4.66. The first-order chi connectivity index (χ1) is 8.00. The number of alkyl halides is 1. The molecule has 0 aliphatic rings. The predicted molar refractivity (Wildman–Crippen MR) is 74.7 cm³/mol. The summed E-state index contributed by atoms with van der Waals surface area (Å²) in [5, 5.41) is 2.65. The van der Waals surface area contributed by atoms with Gasteiger partial charge in [0, 0.05) is 23.2 Å². The zero-order valence-electron chi connectivity index (χ0n) is 10.6. The zero-order chi connectivity index (χ0) is 12.5. The maximum atomic E-state index is 6.14. The van der Waals surface area contributed by atoms with Crippen LogP contribution in [0.2, 0.25) is 0 Å². The van der Waals surface area contributed by atoms with Crippen LogP contribution in [0.1, 0.15) is 32.8 Å². The van der Waals surface area contributed by atoms with Crippen molar-refractivity contribution in [2.75, 3.05) is 0 Å². The average molecular weight is 248 g/mol. The van der Waals surface area contributed by atoms with Crippen molar-refractivity contribution >= 4 is 22.4 Å². The van der Waals surface area contributed by atoms with Crippen molar-refractivity contribution in [1.29, 1.82) is 0 Å². The van der Waals surface area contributed by atoms with Gasteiger partial charge < -0.3 is 0 Å². The summed E-state index contributed by atoms with van der Waals surface area (Å²) >= 11 is 6.14. The van der Waals surface area contributed by atoms with Crippen LogP contribution < -0.4 is 0 Å². The number of hydrogen-bond donors (Lipinski definition) is 0. The topological polar surface area (TPSA) is 12.9 Å². The average Bonchev–Trinajstić information content (AvgIpc) is 2.26. The lowest BCUT2D eigenvalue weighted by atomic mass is 9.79. The van der Waals surface area contributed by atoms with Crippen LogP contribution in [0.15, 0.2) is 36.7 Å². The fraction of sp³-hybridized carbons (Fsp3) is 0.400. The van der Waals surface area contributed by atoms with Crippen molar-refractivity contribution < 1.29 is 0 Å². The van der Waals surface area contributed by atoms with Crippen LogP contribution in [0.4, 0.5) is 0 Å². The molecule has 2 rings (SSSR count). The van der Waals surface area contributed by atoms with Gasteiger partial charge in [0.05, 0.1) is 0 Å². The van der Waals surface area contributed by atoms with Gasteiger partial charge in [0.2, 0.25) is 0 Å². The van der Waals surface area contributed by atoms with Gasteiger partial charge in [-0.1, -0.05) is 38.1 Å². The summed E-state index contributed by atoms with van der Waals surface area (Å²) in [7, 11) is 0. The summed E-state index contributed by atoms with van der Waals surface area (Å²) < 4.78 is 0.